The van der Waals surface area contributed by atoms with Gasteiger partial charge < -0.3 is 5.32 Å². The van der Waals surface area contributed by atoms with Gasteiger partial charge in [0.1, 0.15) is 5.82 Å². The van der Waals surface area contributed by atoms with Gasteiger partial charge in [-0.25, -0.2) is 4.39 Å². The van der Waals surface area contributed by atoms with Gasteiger partial charge in [-0.1, -0.05) is 6.07 Å². The SMILES string of the molecule is O=C(NCC1CCSCC1)c1cccc(C(F)(F)F)c1F. The highest BCUT2D eigenvalue weighted by Crippen LogP contribution is 2.32. The molecule has 1 aliphatic rings. The molecule has 1 aromatic carbocycles. The van der Waals surface area contributed by atoms with Crippen molar-refractivity contribution in [1.29, 1.82) is 0 Å². The second kappa shape index (κ2) is 6.68. The number of carbonyl (C=O) groups excluding carboxylic acids is 1. The first-order valence-corrected chi connectivity index (χ1v) is 7.76. The van der Waals surface area contributed by atoms with E-state index in [0.717, 1.165) is 36.5 Å². The van der Waals surface area contributed by atoms with Crippen molar-refractivity contribution in [3.8, 4) is 0 Å². The lowest BCUT2D eigenvalue weighted by atomic mass is 10.0. The van der Waals surface area contributed by atoms with Crippen LogP contribution in [0.2, 0.25) is 0 Å². The summed E-state index contributed by atoms with van der Waals surface area (Å²) in [4.78, 5) is 11.9. The Morgan fingerprint density at radius 3 is 2.57 bits per heavy atom. The Balaban J connectivity index is 2.05. The van der Waals surface area contributed by atoms with Crippen LogP contribution in [0.1, 0.15) is 28.8 Å². The summed E-state index contributed by atoms with van der Waals surface area (Å²) >= 11 is 1.84. The number of rotatable bonds is 3. The fourth-order valence-corrected chi connectivity index (χ4v) is 3.41. The lowest BCUT2D eigenvalue weighted by Crippen LogP contribution is -2.31. The molecule has 1 aromatic rings. The zero-order chi connectivity index (χ0) is 15.5. The van der Waals surface area contributed by atoms with Crippen molar-refractivity contribution < 1.29 is 22.4 Å². The number of nitrogens with one attached hydrogen (secondary N) is 1. The van der Waals surface area contributed by atoms with E-state index in [1.165, 1.54) is 0 Å². The van der Waals surface area contributed by atoms with Crippen molar-refractivity contribution in [3.05, 3.63) is 35.1 Å². The maximum Gasteiger partial charge on any atom is 0.419 e. The van der Waals surface area contributed by atoms with Crippen LogP contribution in [0.15, 0.2) is 18.2 Å². The summed E-state index contributed by atoms with van der Waals surface area (Å²) in [6.07, 6.45) is -2.90. The lowest BCUT2D eigenvalue weighted by Gasteiger charge is -2.21. The topological polar surface area (TPSA) is 29.1 Å². The summed E-state index contributed by atoms with van der Waals surface area (Å²) in [5, 5.41) is 2.53. The smallest absolute Gasteiger partial charge is 0.352 e. The van der Waals surface area contributed by atoms with Gasteiger partial charge in [-0.15, -0.1) is 0 Å². The van der Waals surface area contributed by atoms with Crippen molar-refractivity contribution in [2.75, 3.05) is 18.1 Å². The number of thioether (sulfide) groups is 1. The highest BCUT2D eigenvalue weighted by molar-refractivity contribution is 7.99. The molecule has 1 saturated heterocycles. The van der Waals surface area contributed by atoms with Gasteiger partial charge in [0.2, 0.25) is 0 Å². The molecule has 1 fully saturated rings. The van der Waals surface area contributed by atoms with E-state index in [1.54, 1.807) is 0 Å². The molecule has 7 heteroatoms. The van der Waals surface area contributed by atoms with Gasteiger partial charge >= 0.3 is 6.18 Å². The van der Waals surface area contributed by atoms with Crippen LogP contribution in [0.25, 0.3) is 0 Å². The molecule has 2 nitrogen and oxygen atoms in total. The number of benzene rings is 1. The Hall–Kier alpha value is -1.24. The van der Waals surface area contributed by atoms with Crippen LogP contribution < -0.4 is 5.32 Å². The summed E-state index contributed by atoms with van der Waals surface area (Å²) in [7, 11) is 0. The Labute approximate surface area is 124 Å². The average molecular weight is 321 g/mol. The normalized spacial score (nSPS) is 16.8. The van der Waals surface area contributed by atoms with Crippen LogP contribution in [0.3, 0.4) is 0 Å². The number of alkyl halides is 3. The second-order valence-corrected chi connectivity index (χ2v) is 6.16. The fourth-order valence-electron chi connectivity index (χ4n) is 2.21. The average Bonchev–Trinajstić information content (AvgIpc) is 2.45. The number of hydrogen-bond acceptors (Lipinski definition) is 2. The van der Waals surface area contributed by atoms with E-state index in [2.05, 4.69) is 5.32 Å². The molecule has 2 rings (SSSR count). The molecule has 0 bridgehead atoms. The highest BCUT2D eigenvalue weighted by Gasteiger charge is 2.35. The van der Waals surface area contributed by atoms with Gasteiger partial charge in [-0.2, -0.15) is 24.9 Å². The maximum absolute atomic E-state index is 13.8. The summed E-state index contributed by atoms with van der Waals surface area (Å²) in [6, 6.07) is 2.74. The molecule has 0 atom stereocenters. The first kappa shape index (κ1) is 16.1. The van der Waals surface area contributed by atoms with Crippen molar-refractivity contribution in [3.63, 3.8) is 0 Å². The van der Waals surface area contributed by atoms with Gasteiger partial charge in [0.05, 0.1) is 11.1 Å². The molecule has 0 unspecified atom stereocenters. The van der Waals surface area contributed by atoms with Crippen molar-refractivity contribution >= 4 is 17.7 Å². The minimum Gasteiger partial charge on any atom is -0.352 e. The Kier molecular flexibility index (Phi) is 5.13. The molecule has 1 aliphatic heterocycles. The molecule has 1 heterocycles. The fraction of sp³-hybridized carbons (Fsp3) is 0.500. The lowest BCUT2D eigenvalue weighted by molar-refractivity contribution is -0.140. The Bertz CT molecular complexity index is 512. The van der Waals surface area contributed by atoms with E-state index in [4.69, 9.17) is 0 Å². The van der Waals surface area contributed by atoms with Gasteiger partial charge in [-0.05, 0) is 42.4 Å². The van der Waals surface area contributed by atoms with Gasteiger partial charge in [0.25, 0.3) is 5.91 Å². The van der Waals surface area contributed by atoms with Crippen LogP contribution in [0.5, 0.6) is 0 Å². The van der Waals surface area contributed by atoms with E-state index >= 15 is 0 Å². The molecule has 1 N–H and O–H groups in total. The Morgan fingerprint density at radius 1 is 1.29 bits per heavy atom. The second-order valence-electron chi connectivity index (χ2n) is 4.93. The van der Waals surface area contributed by atoms with Crippen LogP contribution in [0, 0.1) is 11.7 Å². The molecule has 1 amide bonds. The molecule has 21 heavy (non-hydrogen) atoms. The predicted molar refractivity (Wildman–Crippen MR) is 73.8 cm³/mol. The Morgan fingerprint density at radius 2 is 1.95 bits per heavy atom. The zero-order valence-corrected chi connectivity index (χ0v) is 12.0. The molecule has 116 valence electrons. The zero-order valence-electron chi connectivity index (χ0n) is 11.2. The summed E-state index contributed by atoms with van der Waals surface area (Å²) in [5.74, 6) is 0.0271. The van der Waals surface area contributed by atoms with Crippen molar-refractivity contribution in [2.24, 2.45) is 5.92 Å². The van der Waals surface area contributed by atoms with E-state index in [1.807, 2.05) is 11.8 Å². The van der Waals surface area contributed by atoms with E-state index in [9.17, 15) is 22.4 Å². The third-order valence-electron chi connectivity index (χ3n) is 3.44. The van der Waals surface area contributed by atoms with Crippen LogP contribution >= 0.6 is 11.8 Å². The predicted octanol–water partition coefficient (Wildman–Crippen LogP) is 3.72. The van der Waals surface area contributed by atoms with E-state index < -0.39 is 29.0 Å². The number of amides is 1. The maximum atomic E-state index is 13.8. The van der Waals surface area contributed by atoms with Gasteiger partial charge in [-0.3, -0.25) is 4.79 Å². The third kappa shape index (κ3) is 4.12. The summed E-state index contributed by atoms with van der Waals surface area (Å²) < 4.78 is 51.6. The van der Waals surface area contributed by atoms with E-state index in [-0.39, 0.29) is 0 Å². The quantitative estimate of drug-likeness (QED) is 0.860. The molecule has 0 aromatic heterocycles. The van der Waals surface area contributed by atoms with Crippen molar-refractivity contribution in [1.82, 2.24) is 5.32 Å². The van der Waals surface area contributed by atoms with Crippen LogP contribution in [-0.2, 0) is 6.18 Å². The highest BCUT2D eigenvalue weighted by atomic mass is 32.2. The van der Waals surface area contributed by atoms with Crippen LogP contribution in [0.4, 0.5) is 17.6 Å². The monoisotopic (exact) mass is 321 g/mol. The molecular weight excluding hydrogens is 306 g/mol. The third-order valence-corrected chi connectivity index (χ3v) is 4.49. The standard InChI is InChI=1S/C14H15F4NOS/c15-12-10(2-1-3-11(12)14(16,17)18)13(20)19-8-9-4-6-21-7-5-9/h1-3,9H,4-8H2,(H,19,20). The van der Waals surface area contributed by atoms with Gasteiger partial charge in [0.15, 0.2) is 0 Å². The molecular formula is C14H15F4NOS. The molecule has 0 spiro atoms. The minimum atomic E-state index is -4.80. The first-order valence-electron chi connectivity index (χ1n) is 6.61. The minimum absolute atomic E-state index is 0.309. The molecule has 0 aliphatic carbocycles. The van der Waals surface area contributed by atoms with Crippen LogP contribution in [-0.4, -0.2) is 24.0 Å². The van der Waals surface area contributed by atoms with Crippen molar-refractivity contribution in [2.45, 2.75) is 19.0 Å². The molecule has 0 radical (unpaired) electrons. The van der Waals surface area contributed by atoms with Gasteiger partial charge in [0, 0.05) is 6.54 Å². The largest absolute Gasteiger partial charge is 0.419 e. The summed E-state index contributed by atoms with van der Waals surface area (Å²) in [5.41, 5.74) is -1.97. The number of carbonyl (C=O) groups is 1. The summed E-state index contributed by atoms with van der Waals surface area (Å²) in [6.45, 7) is 0.370. The number of hydrogen-bond donors (Lipinski definition) is 1. The van der Waals surface area contributed by atoms with E-state index in [0.29, 0.717) is 18.5 Å². The number of halogens is 4. The molecule has 0 saturated carbocycles. The first-order chi connectivity index (χ1) is 9.89.